The fraction of sp³-hybridized carbons (Fsp3) is 0.938. The second-order valence-corrected chi connectivity index (χ2v) is 6.70. The largest absolute Gasteiger partial charge is 0.352 e. The van der Waals surface area contributed by atoms with Crippen molar-refractivity contribution in [3.05, 3.63) is 0 Å². The Hall–Kier alpha value is -0.610. The van der Waals surface area contributed by atoms with E-state index in [0.717, 1.165) is 25.3 Å². The summed E-state index contributed by atoms with van der Waals surface area (Å²) in [6.07, 6.45) is 8.67. The summed E-state index contributed by atoms with van der Waals surface area (Å²) >= 11 is 0. The van der Waals surface area contributed by atoms with Crippen LogP contribution >= 0.6 is 0 Å². The maximum absolute atomic E-state index is 12.0. The molecule has 4 heteroatoms. The van der Waals surface area contributed by atoms with Crippen molar-refractivity contribution in [2.75, 3.05) is 26.7 Å². The zero-order valence-corrected chi connectivity index (χ0v) is 13.2. The zero-order valence-electron chi connectivity index (χ0n) is 13.2. The average molecular weight is 281 g/mol. The lowest BCUT2D eigenvalue weighted by Gasteiger charge is -2.29. The molecule has 1 atom stereocenters. The summed E-state index contributed by atoms with van der Waals surface area (Å²) in [5, 5.41) is 6.55. The van der Waals surface area contributed by atoms with Gasteiger partial charge >= 0.3 is 0 Å². The van der Waals surface area contributed by atoms with Gasteiger partial charge in [0.05, 0.1) is 6.04 Å². The molecule has 1 amide bonds. The van der Waals surface area contributed by atoms with E-state index in [-0.39, 0.29) is 11.9 Å². The number of likely N-dealkylation sites (tertiary alicyclic amines) is 1. The van der Waals surface area contributed by atoms with Gasteiger partial charge in [0.1, 0.15) is 0 Å². The number of hydrogen-bond acceptors (Lipinski definition) is 3. The molecule has 0 radical (unpaired) electrons. The van der Waals surface area contributed by atoms with Crippen LogP contribution in [0.15, 0.2) is 0 Å². The summed E-state index contributed by atoms with van der Waals surface area (Å²) in [4.78, 5) is 14.4. The van der Waals surface area contributed by atoms with Crippen molar-refractivity contribution in [1.82, 2.24) is 15.5 Å². The molecule has 2 fully saturated rings. The highest BCUT2D eigenvalue weighted by atomic mass is 16.2. The van der Waals surface area contributed by atoms with Gasteiger partial charge < -0.3 is 15.5 Å². The van der Waals surface area contributed by atoms with Crippen molar-refractivity contribution in [2.24, 2.45) is 5.92 Å². The second kappa shape index (κ2) is 7.99. The van der Waals surface area contributed by atoms with Crippen LogP contribution in [0.1, 0.15) is 51.9 Å². The average Bonchev–Trinajstić information content (AvgIpc) is 2.93. The van der Waals surface area contributed by atoms with Crippen LogP contribution in [0.25, 0.3) is 0 Å². The Balaban J connectivity index is 1.57. The first-order chi connectivity index (χ1) is 9.65. The van der Waals surface area contributed by atoms with Crippen molar-refractivity contribution >= 4 is 5.91 Å². The molecule has 2 N–H and O–H groups in total. The molecule has 1 saturated carbocycles. The SMILES string of the molecule is CC(NCCC1CCN(C)CC1)C(=O)NC1CCCC1. The van der Waals surface area contributed by atoms with Gasteiger partial charge in [-0.2, -0.15) is 0 Å². The van der Waals surface area contributed by atoms with E-state index in [4.69, 9.17) is 0 Å². The Morgan fingerprint density at radius 3 is 2.50 bits per heavy atom. The molecule has 2 rings (SSSR count). The fourth-order valence-electron chi connectivity index (χ4n) is 3.34. The minimum absolute atomic E-state index is 0.0538. The Bertz CT molecular complexity index is 294. The maximum atomic E-state index is 12.0. The molecule has 4 nitrogen and oxygen atoms in total. The van der Waals surface area contributed by atoms with Crippen LogP contribution < -0.4 is 10.6 Å². The highest BCUT2D eigenvalue weighted by molar-refractivity contribution is 5.81. The summed E-state index contributed by atoms with van der Waals surface area (Å²) in [6.45, 7) is 5.40. The molecular formula is C16H31N3O. The molecular weight excluding hydrogens is 250 g/mol. The highest BCUT2D eigenvalue weighted by Crippen LogP contribution is 2.19. The number of carbonyl (C=O) groups is 1. The van der Waals surface area contributed by atoms with Crippen LogP contribution in [0.2, 0.25) is 0 Å². The van der Waals surface area contributed by atoms with Gasteiger partial charge in [-0.05, 0) is 71.6 Å². The first-order valence-electron chi connectivity index (χ1n) is 8.37. The fourth-order valence-corrected chi connectivity index (χ4v) is 3.34. The van der Waals surface area contributed by atoms with Crippen molar-refractivity contribution in [1.29, 1.82) is 0 Å². The van der Waals surface area contributed by atoms with Gasteiger partial charge in [0.15, 0.2) is 0 Å². The first-order valence-corrected chi connectivity index (χ1v) is 8.37. The van der Waals surface area contributed by atoms with Crippen LogP contribution in [0, 0.1) is 5.92 Å². The molecule has 116 valence electrons. The summed E-state index contributed by atoms with van der Waals surface area (Å²) in [7, 11) is 2.20. The lowest BCUT2D eigenvalue weighted by molar-refractivity contribution is -0.123. The van der Waals surface area contributed by atoms with Crippen molar-refractivity contribution in [3.63, 3.8) is 0 Å². The van der Waals surface area contributed by atoms with E-state index in [0.29, 0.717) is 6.04 Å². The van der Waals surface area contributed by atoms with E-state index in [9.17, 15) is 4.79 Å². The number of piperidine rings is 1. The standard InChI is InChI=1S/C16H31N3O/c1-13(16(20)18-15-5-3-4-6-15)17-10-7-14-8-11-19(2)12-9-14/h13-15,17H,3-12H2,1-2H3,(H,18,20). The molecule has 0 aromatic rings. The zero-order chi connectivity index (χ0) is 14.4. The van der Waals surface area contributed by atoms with Crippen LogP contribution in [-0.2, 0) is 4.79 Å². The Morgan fingerprint density at radius 2 is 1.85 bits per heavy atom. The number of hydrogen-bond donors (Lipinski definition) is 2. The van der Waals surface area contributed by atoms with Crippen LogP contribution in [0.4, 0.5) is 0 Å². The number of nitrogens with one attached hydrogen (secondary N) is 2. The Labute approximate surface area is 123 Å². The third-order valence-electron chi connectivity index (χ3n) is 4.94. The number of rotatable bonds is 6. The minimum Gasteiger partial charge on any atom is -0.352 e. The Morgan fingerprint density at radius 1 is 1.20 bits per heavy atom. The van der Waals surface area contributed by atoms with E-state index in [1.807, 2.05) is 6.92 Å². The third kappa shape index (κ3) is 5.06. The summed E-state index contributed by atoms with van der Waals surface area (Å²) < 4.78 is 0. The van der Waals surface area contributed by atoms with Gasteiger partial charge in [0.2, 0.25) is 5.91 Å². The van der Waals surface area contributed by atoms with Crippen LogP contribution in [0.5, 0.6) is 0 Å². The molecule has 1 aliphatic carbocycles. The predicted octanol–water partition coefficient (Wildman–Crippen LogP) is 1.76. The van der Waals surface area contributed by atoms with E-state index in [2.05, 4.69) is 22.6 Å². The molecule has 0 bridgehead atoms. The Kier molecular flexibility index (Phi) is 6.30. The van der Waals surface area contributed by atoms with Gasteiger partial charge in [-0.1, -0.05) is 12.8 Å². The van der Waals surface area contributed by atoms with E-state index < -0.39 is 0 Å². The van der Waals surface area contributed by atoms with Gasteiger partial charge in [0, 0.05) is 6.04 Å². The summed E-state index contributed by atoms with van der Waals surface area (Å²) in [5.41, 5.74) is 0. The highest BCUT2D eigenvalue weighted by Gasteiger charge is 2.21. The molecule has 20 heavy (non-hydrogen) atoms. The van der Waals surface area contributed by atoms with Gasteiger partial charge in [-0.3, -0.25) is 4.79 Å². The van der Waals surface area contributed by atoms with Crippen molar-refractivity contribution < 1.29 is 4.79 Å². The number of nitrogens with zero attached hydrogens (tertiary/aromatic N) is 1. The molecule has 0 aromatic heterocycles. The first kappa shape index (κ1) is 15.8. The van der Waals surface area contributed by atoms with Crippen molar-refractivity contribution in [3.8, 4) is 0 Å². The van der Waals surface area contributed by atoms with Crippen molar-refractivity contribution in [2.45, 2.75) is 64.0 Å². The van der Waals surface area contributed by atoms with Gasteiger partial charge in [-0.25, -0.2) is 0 Å². The quantitative estimate of drug-likeness (QED) is 0.780. The monoisotopic (exact) mass is 281 g/mol. The van der Waals surface area contributed by atoms with Gasteiger partial charge in [0.25, 0.3) is 0 Å². The minimum atomic E-state index is -0.0538. The molecule has 1 heterocycles. The number of amides is 1. The van der Waals surface area contributed by atoms with Crippen LogP contribution in [0.3, 0.4) is 0 Å². The molecule has 1 aliphatic heterocycles. The molecule has 1 unspecified atom stereocenters. The topological polar surface area (TPSA) is 44.4 Å². The lowest BCUT2D eigenvalue weighted by Crippen LogP contribution is -2.46. The summed E-state index contributed by atoms with van der Waals surface area (Å²) in [6, 6.07) is 0.377. The second-order valence-electron chi connectivity index (χ2n) is 6.70. The normalized spacial score (nSPS) is 23.9. The number of carbonyl (C=O) groups excluding carboxylic acids is 1. The molecule has 0 spiro atoms. The summed E-state index contributed by atoms with van der Waals surface area (Å²) in [5.74, 6) is 1.02. The molecule has 1 saturated heterocycles. The van der Waals surface area contributed by atoms with E-state index in [1.165, 1.54) is 45.2 Å². The lowest BCUT2D eigenvalue weighted by atomic mass is 9.94. The molecule has 2 aliphatic rings. The van der Waals surface area contributed by atoms with E-state index in [1.54, 1.807) is 0 Å². The predicted molar refractivity (Wildman–Crippen MR) is 82.7 cm³/mol. The molecule has 0 aromatic carbocycles. The van der Waals surface area contributed by atoms with E-state index >= 15 is 0 Å². The maximum Gasteiger partial charge on any atom is 0.237 e. The third-order valence-corrected chi connectivity index (χ3v) is 4.94. The van der Waals surface area contributed by atoms with Crippen LogP contribution in [-0.4, -0.2) is 49.6 Å². The smallest absolute Gasteiger partial charge is 0.237 e. The van der Waals surface area contributed by atoms with Gasteiger partial charge in [-0.15, -0.1) is 0 Å².